The van der Waals surface area contributed by atoms with Gasteiger partial charge in [-0.15, -0.1) is 0 Å². The number of benzene rings is 1. The molecule has 1 amide bonds. The van der Waals surface area contributed by atoms with Gasteiger partial charge < -0.3 is 14.5 Å². The number of thioether (sulfide) groups is 1. The molecule has 0 fully saturated rings. The summed E-state index contributed by atoms with van der Waals surface area (Å²) in [5.74, 6) is 0.737. The molecular weight excluding hydrogens is 322 g/mol. The number of nitro groups is 1. The van der Waals surface area contributed by atoms with Crippen LogP contribution in [0.4, 0.5) is 11.4 Å². The van der Waals surface area contributed by atoms with E-state index in [0.717, 1.165) is 5.69 Å². The molecule has 1 heterocycles. The van der Waals surface area contributed by atoms with E-state index in [2.05, 4.69) is 10.3 Å². The summed E-state index contributed by atoms with van der Waals surface area (Å²) in [4.78, 5) is 26.3. The van der Waals surface area contributed by atoms with Crippen molar-refractivity contribution in [1.29, 1.82) is 0 Å². The van der Waals surface area contributed by atoms with Crippen LogP contribution in [0.2, 0.25) is 0 Å². The average Bonchev–Trinajstić information content (AvgIpc) is 2.84. The molecule has 0 unspecified atom stereocenters. The Bertz CT molecular complexity index is 725. The molecule has 8 nitrogen and oxygen atoms in total. The third-order valence-corrected chi connectivity index (χ3v) is 3.83. The van der Waals surface area contributed by atoms with E-state index in [1.165, 1.54) is 37.1 Å². The van der Waals surface area contributed by atoms with Gasteiger partial charge in [0.05, 0.1) is 35.2 Å². The molecule has 9 heteroatoms. The van der Waals surface area contributed by atoms with Crippen LogP contribution in [-0.4, -0.2) is 28.7 Å². The van der Waals surface area contributed by atoms with E-state index in [1.54, 1.807) is 6.92 Å². The van der Waals surface area contributed by atoms with Gasteiger partial charge in [0.1, 0.15) is 11.5 Å². The van der Waals surface area contributed by atoms with E-state index in [9.17, 15) is 14.9 Å². The normalized spacial score (nSPS) is 10.4. The van der Waals surface area contributed by atoms with E-state index in [1.807, 2.05) is 6.92 Å². The number of rotatable bonds is 6. The first kappa shape index (κ1) is 16.8. The fraction of sp³-hybridized carbons (Fsp3) is 0.286. The highest BCUT2D eigenvalue weighted by molar-refractivity contribution is 7.99. The van der Waals surface area contributed by atoms with E-state index in [0.29, 0.717) is 16.7 Å². The summed E-state index contributed by atoms with van der Waals surface area (Å²) in [7, 11) is 1.38. The molecule has 0 aliphatic heterocycles. The molecule has 1 N–H and O–H groups in total. The number of aryl methyl sites for hydroxylation is 2. The number of anilines is 1. The van der Waals surface area contributed by atoms with E-state index in [4.69, 9.17) is 9.15 Å². The fourth-order valence-electron chi connectivity index (χ4n) is 1.72. The lowest BCUT2D eigenvalue weighted by Gasteiger charge is -2.09. The largest absolute Gasteiger partial charge is 0.494 e. The van der Waals surface area contributed by atoms with Crippen molar-refractivity contribution in [3.63, 3.8) is 0 Å². The highest BCUT2D eigenvalue weighted by Gasteiger charge is 2.14. The maximum Gasteiger partial charge on any atom is 0.273 e. The number of methoxy groups -OCH3 is 1. The van der Waals surface area contributed by atoms with Gasteiger partial charge in [0.15, 0.2) is 0 Å². The molecule has 1 aromatic carbocycles. The Morgan fingerprint density at radius 3 is 2.78 bits per heavy atom. The molecule has 0 atom stereocenters. The van der Waals surface area contributed by atoms with Crippen LogP contribution in [0.25, 0.3) is 0 Å². The number of nitrogens with one attached hydrogen (secondary N) is 1. The zero-order valence-electron chi connectivity index (χ0n) is 12.8. The zero-order valence-corrected chi connectivity index (χ0v) is 13.6. The van der Waals surface area contributed by atoms with Gasteiger partial charge in [0.2, 0.25) is 5.91 Å². The summed E-state index contributed by atoms with van der Waals surface area (Å²) in [5, 5.41) is 13.8. The molecular formula is C14H15N3O5S. The van der Waals surface area contributed by atoms with Gasteiger partial charge in [-0.3, -0.25) is 14.9 Å². The molecule has 2 aromatic rings. The predicted molar refractivity (Wildman–Crippen MR) is 85.0 cm³/mol. The highest BCUT2D eigenvalue weighted by atomic mass is 32.2. The molecule has 2 rings (SSSR count). The summed E-state index contributed by atoms with van der Waals surface area (Å²) < 4.78 is 10.4. The maximum absolute atomic E-state index is 12.0. The first-order valence-corrected chi connectivity index (χ1v) is 7.58. The lowest BCUT2D eigenvalue weighted by molar-refractivity contribution is -0.384. The number of hydrogen-bond donors (Lipinski definition) is 1. The SMILES string of the molecule is COc1cc([N+](=O)[O-])ccc1NC(=O)CSc1nc(C)c(C)o1. The molecule has 0 bridgehead atoms. The number of nitro benzene ring substituents is 1. The minimum Gasteiger partial charge on any atom is -0.494 e. The number of carbonyl (C=O) groups is 1. The van der Waals surface area contributed by atoms with Crippen LogP contribution in [0.5, 0.6) is 5.75 Å². The molecule has 0 aliphatic carbocycles. The Morgan fingerprint density at radius 2 is 2.22 bits per heavy atom. The van der Waals surface area contributed by atoms with Crippen LogP contribution in [0.1, 0.15) is 11.5 Å². The Kier molecular flexibility index (Phi) is 5.22. The number of oxazole rings is 1. The van der Waals surface area contributed by atoms with Gasteiger partial charge in [-0.2, -0.15) is 0 Å². The van der Waals surface area contributed by atoms with Crippen molar-refractivity contribution < 1.29 is 18.9 Å². The monoisotopic (exact) mass is 337 g/mol. The van der Waals surface area contributed by atoms with Gasteiger partial charge in [-0.25, -0.2) is 4.98 Å². The lowest BCUT2D eigenvalue weighted by Crippen LogP contribution is -2.14. The van der Waals surface area contributed by atoms with Crippen molar-refractivity contribution in [3.05, 3.63) is 39.8 Å². The van der Waals surface area contributed by atoms with Crippen LogP contribution in [-0.2, 0) is 4.79 Å². The Balaban J connectivity index is 2.00. The van der Waals surface area contributed by atoms with E-state index in [-0.39, 0.29) is 23.1 Å². The van der Waals surface area contributed by atoms with Crippen LogP contribution in [0, 0.1) is 24.0 Å². The third-order valence-electron chi connectivity index (χ3n) is 3.01. The van der Waals surface area contributed by atoms with Crippen molar-refractivity contribution in [1.82, 2.24) is 4.98 Å². The molecule has 23 heavy (non-hydrogen) atoms. The molecule has 0 radical (unpaired) electrons. The van der Waals surface area contributed by atoms with Gasteiger partial charge in [0.25, 0.3) is 10.9 Å². The second kappa shape index (κ2) is 7.14. The number of ether oxygens (including phenoxy) is 1. The number of non-ortho nitro benzene ring substituents is 1. The molecule has 0 aliphatic rings. The Labute approximate surface area is 136 Å². The Hall–Kier alpha value is -2.55. The molecule has 0 saturated carbocycles. The number of amides is 1. The van der Waals surface area contributed by atoms with E-state index >= 15 is 0 Å². The van der Waals surface area contributed by atoms with Gasteiger partial charge in [-0.1, -0.05) is 11.8 Å². The topological polar surface area (TPSA) is 108 Å². The Morgan fingerprint density at radius 1 is 1.48 bits per heavy atom. The molecule has 122 valence electrons. The number of carbonyl (C=O) groups excluding carboxylic acids is 1. The van der Waals surface area contributed by atoms with Crippen LogP contribution in [0.3, 0.4) is 0 Å². The number of hydrogen-bond acceptors (Lipinski definition) is 7. The third kappa shape index (κ3) is 4.22. The van der Waals surface area contributed by atoms with Crippen molar-refractivity contribution in [2.45, 2.75) is 19.1 Å². The van der Waals surface area contributed by atoms with Crippen molar-refractivity contribution in [2.24, 2.45) is 0 Å². The zero-order chi connectivity index (χ0) is 17.0. The van der Waals surface area contributed by atoms with Crippen LogP contribution in [0.15, 0.2) is 27.8 Å². The lowest BCUT2D eigenvalue weighted by atomic mass is 10.2. The maximum atomic E-state index is 12.0. The molecule has 0 saturated heterocycles. The first-order valence-electron chi connectivity index (χ1n) is 6.60. The molecule has 1 aromatic heterocycles. The van der Waals surface area contributed by atoms with Crippen LogP contribution < -0.4 is 10.1 Å². The first-order chi connectivity index (χ1) is 10.9. The summed E-state index contributed by atoms with van der Waals surface area (Å²) in [5.41, 5.74) is 1.04. The predicted octanol–water partition coefficient (Wildman–Crippen LogP) is 2.94. The summed E-state index contributed by atoms with van der Waals surface area (Å²) in [6.07, 6.45) is 0. The summed E-state index contributed by atoms with van der Waals surface area (Å²) in [6.45, 7) is 3.62. The number of nitrogens with zero attached hydrogens (tertiary/aromatic N) is 2. The van der Waals surface area contributed by atoms with Gasteiger partial charge in [-0.05, 0) is 19.9 Å². The molecule has 0 spiro atoms. The van der Waals surface area contributed by atoms with E-state index < -0.39 is 4.92 Å². The minimum atomic E-state index is -0.531. The summed E-state index contributed by atoms with van der Waals surface area (Å²) in [6, 6.07) is 3.98. The standard InChI is InChI=1S/C14H15N3O5S/c1-8-9(2)22-14(15-8)23-7-13(18)16-11-5-4-10(17(19)20)6-12(11)21-3/h4-6H,7H2,1-3H3,(H,16,18). The van der Waals surface area contributed by atoms with Gasteiger partial charge >= 0.3 is 0 Å². The van der Waals surface area contributed by atoms with Crippen LogP contribution >= 0.6 is 11.8 Å². The highest BCUT2D eigenvalue weighted by Crippen LogP contribution is 2.29. The van der Waals surface area contributed by atoms with Gasteiger partial charge in [0, 0.05) is 6.07 Å². The second-order valence-electron chi connectivity index (χ2n) is 4.60. The minimum absolute atomic E-state index is 0.0968. The second-order valence-corrected chi connectivity index (χ2v) is 5.53. The van der Waals surface area contributed by atoms with Crippen molar-refractivity contribution in [3.8, 4) is 5.75 Å². The quantitative estimate of drug-likeness (QED) is 0.490. The van der Waals surface area contributed by atoms with Crippen molar-refractivity contribution in [2.75, 3.05) is 18.2 Å². The fourth-order valence-corrected chi connectivity index (χ4v) is 2.43. The van der Waals surface area contributed by atoms with Crippen molar-refractivity contribution >= 4 is 29.0 Å². The summed E-state index contributed by atoms with van der Waals surface area (Å²) >= 11 is 1.17. The smallest absolute Gasteiger partial charge is 0.273 e. The number of aromatic nitrogens is 1. The average molecular weight is 337 g/mol.